The second kappa shape index (κ2) is 8.31. The smallest absolute Gasteiger partial charge is 0.270 e. The molecule has 1 amide bonds. The molecule has 3 rings (SSSR count). The molecule has 27 heavy (non-hydrogen) atoms. The Bertz CT molecular complexity index is 980. The van der Waals surface area contributed by atoms with Gasteiger partial charge in [0.1, 0.15) is 6.33 Å². The zero-order valence-electron chi connectivity index (χ0n) is 14.0. The molecule has 10 heteroatoms. The number of nitrogens with one attached hydrogen (secondary N) is 2. The normalized spacial score (nSPS) is 11.8. The average molecular weight is 448 g/mol. The van der Waals surface area contributed by atoms with E-state index >= 15 is 0 Å². The largest absolute Gasteiger partial charge is 0.345 e. The van der Waals surface area contributed by atoms with Crippen molar-refractivity contribution in [1.82, 2.24) is 20.5 Å². The predicted molar refractivity (Wildman–Crippen MR) is 104 cm³/mol. The van der Waals surface area contributed by atoms with Gasteiger partial charge >= 0.3 is 0 Å². The number of aromatic nitrogens is 3. The van der Waals surface area contributed by atoms with Crippen molar-refractivity contribution in [2.24, 2.45) is 0 Å². The van der Waals surface area contributed by atoms with Gasteiger partial charge in [0.05, 0.1) is 16.5 Å². The summed E-state index contributed by atoms with van der Waals surface area (Å²) in [5.74, 6) is -0.413. The van der Waals surface area contributed by atoms with Gasteiger partial charge in [-0.05, 0) is 36.4 Å². The molecule has 1 aromatic heterocycles. The van der Waals surface area contributed by atoms with Crippen LogP contribution in [0.5, 0.6) is 0 Å². The number of nitrogens with zero attached hydrogens (tertiary/aromatic N) is 3. The molecule has 0 saturated carbocycles. The van der Waals surface area contributed by atoms with Crippen LogP contribution in [-0.4, -0.2) is 26.0 Å². The lowest BCUT2D eigenvalue weighted by atomic mass is 10.1. The summed E-state index contributed by atoms with van der Waals surface area (Å²) in [6, 6.07) is 11.4. The van der Waals surface area contributed by atoms with E-state index in [1.165, 1.54) is 36.3 Å². The lowest BCUT2D eigenvalue weighted by molar-refractivity contribution is -0.384. The van der Waals surface area contributed by atoms with E-state index in [9.17, 15) is 14.9 Å². The lowest BCUT2D eigenvalue weighted by Crippen LogP contribution is -2.27. The Labute approximate surface area is 167 Å². The number of hydrogen-bond donors (Lipinski definition) is 2. The highest BCUT2D eigenvalue weighted by Gasteiger charge is 2.20. The second-order valence-electron chi connectivity index (χ2n) is 5.55. The number of rotatable bonds is 6. The van der Waals surface area contributed by atoms with E-state index < -0.39 is 10.8 Å². The highest BCUT2D eigenvalue weighted by atomic mass is 79.9. The van der Waals surface area contributed by atoms with Gasteiger partial charge in [0.15, 0.2) is 5.16 Å². The minimum atomic E-state index is -0.531. The van der Waals surface area contributed by atoms with E-state index in [1.807, 2.05) is 31.2 Å². The number of H-pyrrole nitrogens is 1. The molecule has 8 nitrogen and oxygen atoms in total. The maximum absolute atomic E-state index is 12.9. The first-order chi connectivity index (χ1) is 13.0. The van der Waals surface area contributed by atoms with Crippen molar-refractivity contribution >= 4 is 39.3 Å². The molecule has 2 aromatic carbocycles. The molecule has 0 spiro atoms. The van der Waals surface area contributed by atoms with E-state index in [4.69, 9.17) is 0 Å². The predicted octanol–water partition coefficient (Wildman–Crippen LogP) is 4.12. The summed E-state index contributed by atoms with van der Waals surface area (Å²) >= 11 is 4.64. The van der Waals surface area contributed by atoms with Crippen LogP contribution in [-0.2, 0) is 0 Å². The molecule has 0 radical (unpaired) electrons. The Hall–Kier alpha value is -2.72. The summed E-state index contributed by atoms with van der Waals surface area (Å²) in [6.07, 6.45) is 1.35. The summed E-state index contributed by atoms with van der Waals surface area (Å²) in [5, 5.41) is 21.0. The number of nitro groups is 1. The standard InChI is InChI=1S/C17H14BrN5O3S/c1-10(12-4-2-3-5-14(12)18)21-16(24)13-8-11(23(25)26)6-7-15(13)27-17-19-9-20-22-17/h2-10H,1H3,(H,21,24)(H,19,20,22)/t10-/m0/s1. The number of hydrogen-bond acceptors (Lipinski definition) is 6. The monoisotopic (exact) mass is 447 g/mol. The fourth-order valence-electron chi connectivity index (χ4n) is 2.42. The van der Waals surface area contributed by atoms with Gasteiger partial charge in [-0.15, -0.1) is 0 Å². The van der Waals surface area contributed by atoms with Crippen LogP contribution in [0.25, 0.3) is 0 Å². The molecule has 1 atom stereocenters. The molecule has 3 aromatic rings. The number of non-ortho nitro benzene ring substituents is 1. The summed E-state index contributed by atoms with van der Waals surface area (Å²) in [6.45, 7) is 1.85. The minimum absolute atomic E-state index is 0.157. The first kappa shape index (κ1) is 19.1. The maximum Gasteiger partial charge on any atom is 0.270 e. The van der Waals surface area contributed by atoms with Crippen molar-refractivity contribution in [1.29, 1.82) is 0 Å². The molecule has 0 saturated heterocycles. The molecule has 0 bridgehead atoms. The van der Waals surface area contributed by atoms with Crippen molar-refractivity contribution in [3.8, 4) is 0 Å². The SMILES string of the molecule is C[C@H](NC(=O)c1cc([N+](=O)[O-])ccc1Sc1ncn[nH]1)c1ccccc1Br. The molecular formula is C17H14BrN5O3S. The molecule has 0 aliphatic rings. The zero-order valence-corrected chi connectivity index (χ0v) is 16.5. The van der Waals surface area contributed by atoms with Crippen LogP contribution >= 0.6 is 27.7 Å². The molecule has 138 valence electrons. The fourth-order valence-corrected chi connectivity index (χ4v) is 3.86. The van der Waals surface area contributed by atoms with Gasteiger partial charge in [0.25, 0.3) is 11.6 Å². The van der Waals surface area contributed by atoms with Gasteiger partial charge in [0.2, 0.25) is 0 Å². The van der Waals surface area contributed by atoms with Crippen molar-refractivity contribution in [3.63, 3.8) is 0 Å². The van der Waals surface area contributed by atoms with Gasteiger partial charge < -0.3 is 5.32 Å². The van der Waals surface area contributed by atoms with Gasteiger partial charge in [0, 0.05) is 21.5 Å². The lowest BCUT2D eigenvalue weighted by Gasteiger charge is -2.17. The summed E-state index contributed by atoms with van der Waals surface area (Å²) < 4.78 is 0.869. The summed E-state index contributed by atoms with van der Waals surface area (Å²) in [5.41, 5.74) is 0.945. The topological polar surface area (TPSA) is 114 Å². The molecule has 0 aliphatic carbocycles. The quantitative estimate of drug-likeness (QED) is 0.433. The maximum atomic E-state index is 12.9. The number of halogens is 1. The van der Waals surface area contributed by atoms with Gasteiger partial charge in [-0.2, -0.15) is 5.10 Å². The van der Waals surface area contributed by atoms with Crippen LogP contribution in [0.3, 0.4) is 0 Å². The van der Waals surface area contributed by atoms with Gasteiger partial charge in [-0.1, -0.05) is 34.1 Å². The highest BCUT2D eigenvalue weighted by Crippen LogP contribution is 2.31. The van der Waals surface area contributed by atoms with E-state index in [0.29, 0.717) is 10.1 Å². The van der Waals surface area contributed by atoms with Crippen LogP contribution in [0.15, 0.2) is 63.3 Å². The van der Waals surface area contributed by atoms with Crippen molar-refractivity contribution in [2.75, 3.05) is 0 Å². The van der Waals surface area contributed by atoms with Crippen molar-refractivity contribution in [2.45, 2.75) is 23.0 Å². The Balaban J connectivity index is 1.90. The molecule has 1 heterocycles. The Morgan fingerprint density at radius 2 is 2.11 bits per heavy atom. The number of benzene rings is 2. The Morgan fingerprint density at radius 3 is 2.78 bits per heavy atom. The van der Waals surface area contributed by atoms with Gasteiger partial charge in [-0.3, -0.25) is 20.0 Å². The van der Waals surface area contributed by atoms with Gasteiger partial charge in [-0.25, -0.2) is 4.98 Å². The fraction of sp³-hybridized carbons (Fsp3) is 0.118. The van der Waals surface area contributed by atoms with E-state index in [0.717, 1.165) is 10.0 Å². The first-order valence-electron chi connectivity index (χ1n) is 7.82. The zero-order chi connectivity index (χ0) is 19.4. The van der Waals surface area contributed by atoms with Crippen LogP contribution in [0.4, 0.5) is 5.69 Å². The number of aromatic amines is 1. The van der Waals surface area contributed by atoms with E-state index in [2.05, 4.69) is 36.4 Å². The Kier molecular flexibility index (Phi) is 5.87. The van der Waals surface area contributed by atoms with Crippen LogP contribution in [0.2, 0.25) is 0 Å². The third-order valence-electron chi connectivity index (χ3n) is 3.74. The number of carbonyl (C=O) groups is 1. The second-order valence-corrected chi connectivity index (χ2v) is 7.43. The molecular weight excluding hydrogens is 434 g/mol. The number of carbonyl (C=O) groups excluding carboxylic acids is 1. The first-order valence-corrected chi connectivity index (χ1v) is 9.43. The minimum Gasteiger partial charge on any atom is -0.345 e. The third-order valence-corrected chi connectivity index (χ3v) is 5.43. The Morgan fingerprint density at radius 1 is 1.33 bits per heavy atom. The third kappa shape index (κ3) is 4.52. The average Bonchev–Trinajstić information content (AvgIpc) is 3.15. The van der Waals surface area contributed by atoms with Crippen molar-refractivity contribution in [3.05, 3.63) is 74.5 Å². The van der Waals surface area contributed by atoms with E-state index in [1.54, 1.807) is 0 Å². The van der Waals surface area contributed by atoms with Crippen molar-refractivity contribution < 1.29 is 9.72 Å². The number of amides is 1. The molecule has 0 aliphatic heterocycles. The van der Waals surface area contributed by atoms with Crippen LogP contribution < -0.4 is 5.32 Å². The van der Waals surface area contributed by atoms with E-state index in [-0.39, 0.29) is 17.3 Å². The van der Waals surface area contributed by atoms with Crippen LogP contribution in [0, 0.1) is 10.1 Å². The molecule has 2 N–H and O–H groups in total. The summed E-state index contributed by atoms with van der Waals surface area (Å²) in [7, 11) is 0. The highest BCUT2D eigenvalue weighted by molar-refractivity contribution is 9.10. The van der Waals surface area contributed by atoms with Crippen LogP contribution in [0.1, 0.15) is 28.9 Å². The number of nitro benzene ring substituents is 1. The summed E-state index contributed by atoms with van der Waals surface area (Å²) in [4.78, 5) is 28.0. The molecule has 0 fully saturated rings. The molecule has 0 unspecified atom stereocenters.